The predicted octanol–water partition coefficient (Wildman–Crippen LogP) is 3.38. The van der Waals surface area contributed by atoms with Gasteiger partial charge in [0.1, 0.15) is 5.84 Å². The van der Waals surface area contributed by atoms with Crippen molar-refractivity contribution in [1.29, 1.82) is 0 Å². The average molecular weight is 425 g/mol. The highest BCUT2D eigenvalue weighted by atomic mass is 16.3. The quantitative estimate of drug-likeness (QED) is 0.688. The first-order valence-electron chi connectivity index (χ1n) is 12.0. The Bertz CT molecular complexity index is 847. The van der Waals surface area contributed by atoms with Gasteiger partial charge in [0.15, 0.2) is 0 Å². The first kappa shape index (κ1) is 22.5. The monoisotopic (exact) mass is 424 g/mol. The minimum Gasteiger partial charge on any atom is -0.395 e. The van der Waals surface area contributed by atoms with Crippen LogP contribution in [0.5, 0.6) is 0 Å². The fourth-order valence-corrected chi connectivity index (χ4v) is 5.22. The van der Waals surface area contributed by atoms with Gasteiger partial charge in [-0.3, -0.25) is 4.90 Å². The fraction of sp³-hybridized carbons (Fsp3) is 0.654. The topological polar surface area (TPSA) is 51.1 Å². The van der Waals surface area contributed by atoms with E-state index < -0.39 is 0 Å². The van der Waals surface area contributed by atoms with E-state index in [-0.39, 0.29) is 17.4 Å². The number of piperazine rings is 1. The van der Waals surface area contributed by atoms with E-state index in [0.29, 0.717) is 6.54 Å². The van der Waals surface area contributed by atoms with E-state index in [1.165, 1.54) is 35.4 Å². The minimum atomic E-state index is 0.211. The molecule has 0 unspecified atom stereocenters. The maximum Gasteiger partial charge on any atom is 0.109 e. The molecule has 0 atom stereocenters. The van der Waals surface area contributed by atoms with Crippen molar-refractivity contribution >= 4 is 11.5 Å². The van der Waals surface area contributed by atoms with Gasteiger partial charge < -0.3 is 15.3 Å². The molecule has 170 valence electrons. The van der Waals surface area contributed by atoms with Crippen LogP contribution in [0.1, 0.15) is 63.6 Å². The van der Waals surface area contributed by atoms with Crippen molar-refractivity contribution in [2.24, 2.45) is 4.99 Å². The molecule has 1 aromatic carbocycles. The van der Waals surface area contributed by atoms with E-state index in [4.69, 9.17) is 10.1 Å². The summed E-state index contributed by atoms with van der Waals surface area (Å²) in [6.45, 7) is 16.7. The molecule has 3 aliphatic rings. The summed E-state index contributed by atoms with van der Waals surface area (Å²) < 4.78 is 0. The lowest BCUT2D eigenvalue weighted by Gasteiger charge is -2.42. The lowest BCUT2D eigenvalue weighted by molar-refractivity contribution is 0.180. The van der Waals surface area contributed by atoms with Crippen molar-refractivity contribution in [3.8, 4) is 0 Å². The third kappa shape index (κ3) is 4.89. The number of rotatable bonds is 6. The van der Waals surface area contributed by atoms with Crippen LogP contribution in [0.4, 0.5) is 0 Å². The SMILES string of the molecule is CC1(C)CCC(C)(C)c2cc(C3=CCC(N4CCN(CCNCCO)CC4)=N3)ccc21. The van der Waals surface area contributed by atoms with Gasteiger partial charge in [0, 0.05) is 57.8 Å². The number of benzene rings is 1. The third-order valence-corrected chi connectivity index (χ3v) is 7.51. The Morgan fingerprint density at radius 2 is 1.68 bits per heavy atom. The van der Waals surface area contributed by atoms with Crippen LogP contribution in [0.2, 0.25) is 0 Å². The van der Waals surface area contributed by atoms with Gasteiger partial charge in [-0.15, -0.1) is 0 Å². The maximum atomic E-state index is 8.87. The summed E-state index contributed by atoms with van der Waals surface area (Å²) in [6, 6.07) is 7.08. The molecule has 1 aliphatic carbocycles. The normalized spacial score (nSPS) is 22.8. The van der Waals surface area contributed by atoms with Crippen LogP contribution >= 0.6 is 0 Å². The summed E-state index contributed by atoms with van der Waals surface area (Å²) in [6.07, 6.45) is 5.74. The molecule has 5 nitrogen and oxygen atoms in total. The highest BCUT2D eigenvalue weighted by Gasteiger charge is 2.37. The van der Waals surface area contributed by atoms with Crippen LogP contribution in [0.25, 0.3) is 5.70 Å². The molecule has 0 saturated carbocycles. The van der Waals surface area contributed by atoms with Crippen LogP contribution in [0.3, 0.4) is 0 Å². The van der Waals surface area contributed by atoms with E-state index in [2.05, 4.69) is 67.1 Å². The van der Waals surface area contributed by atoms with Crippen LogP contribution in [-0.4, -0.2) is 73.2 Å². The van der Waals surface area contributed by atoms with Gasteiger partial charge in [0.25, 0.3) is 0 Å². The van der Waals surface area contributed by atoms with E-state index in [0.717, 1.165) is 51.4 Å². The summed E-state index contributed by atoms with van der Waals surface area (Å²) in [5, 5.41) is 12.1. The van der Waals surface area contributed by atoms with Gasteiger partial charge in [0.2, 0.25) is 0 Å². The number of hydrogen-bond acceptors (Lipinski definition) is 5. The van der Waals surface area contributed by atoms with E-state index in [1.54, 1.807) is 0 Å². The number of hydrogen-bond donors (Lipinski definition) is 2. The Labute approximate surface area is 188 Å². The molecule has 0 radical (unpaired) electrons. The Morgan fingerprint density at radius 1 is 0.968 bits per heavy atom. The van der Waals surface area contributed by atoms with Gasteiger partial charge in [-0.25, -0.2) is 4.99 Å². The molecule has 0 bridgehead atoms. The Morgan fingerprint density at radius 3 is 2.39 bits per heavy atom. The van der Waals surface area contributed by atoms with Crippen molar-refractivity contribution in [2.45, 2.75) is 57.8 Å². The number of aliphatic imine (C=N–C) groups is 1. The third-order valence-electron chi connectivity index (χ3n) is 7.51. The first-order valence-corrected chi connectivity index (χ1v) is 12.0. The minimum absolute atomic E-state index is 0.211. The van der Waals surface area contributed by atoms with Crippen molar-refractivity contribution in [1.82, 2.24) is 15.1 Å². The lowest BCUT2D eigenvalue weighted by Crippen LogP contribution is -2.49. The highest BCUT2D eigenvalue weighted by Crippen LogP contribution is 2.46. The molecule has 0 amide bonds. The molecule has 1 aromatic rings. The van der Waals surface area contributed by atoms with Crippen LogP contribution < -0.4 is 5.32 Å². The van der Waals surface area contributed by atoms with E-state index >= 15 is 0 Å². The second-order valence-corrected chi connectivity index (χ2v) is 10.7. The van der Waals surface area contributed by atoms with E-state index in [1.807, 2.05) is 0 Å². The molecule has 1 fully saturated rings. The lowest BCUT2D eigenvalue weighted by atomic mass is 9.63. The second kappa shape index (κ2) is 9.05. The zero-order chi connectivity index (χ0) is 22.1. The van der Waals surface area contributed by atoms with Gasteiger partial charge in [-0.05, 0) is 40.9 Å². The Hall–Kier alpha value is -1.69. The summed E-state index contributed by atoms with van der Waals surface area (Å²) >= 11 is 0. The van der Waals surface area contributed by atoms with Gasteiger partial charge in [0.05, 0.1) is 12.3 Å². The largest absolute Gasteiger partial charge is 0.395 e. The molecule has 2 heterocycles. The Balaban J connectivity index is 1.40. The van der Waals surface area contributed by atoms with Crippen molar-refractivity contribution < 1.29 is 5.11 Å². The zero-order valence-corrected chi connectivity index (χ0v) is 19.9. The maximum absolute atomic E-state index is 8.87. The summed E-state index contributed by atoms with van der Waals surface area (Å²) in [4.78, 5) is 10.0. The van der Waals surface area contributed by atoms with Crippen LogP contribution in [0.15, 0.2) is 29.3 Å². The first-order chi connectivity index (χ1) is 14.8. The Kier molecular flexibility index (Phi) is 6.57. The molecule has 4 rings (SSSR count). The molecule has 2 aliphatic heterocycles. The van der Waals surface area contributed by atoms with E-state index in [9.17, 15) is 0 Å². The van der Waals surface area contributed by atoms with Crippen molar-refractivity contribution in [3.63, 3.8) is 0 Å². The number of amidine groups is 1. The number of aliphatic hydroxyl groups excluding tert-OH is 1. The van der Waals surface area contributed by atoms with Gasteiger partial charge >= 0.3 is 0 Å². The zero-order valence-electron chi connectivity index (χ0n) is 19.9. The number of fused-ring (bicyclic) bond motifs is 1. The molecule has 1 saturated heterocycles. The molecule has 31 heavy (non-hydrogen) atoms. The number of aliphatic hydroxyl groups is 1. The summed E-state index contributed by atoms with van der Waals surface area (Å²) in [5.41, 5.74) is 5.93. The van der Waals surface area contributed by atoms with Crippen LogP contribution in [0, 0.1) is 0 Å². The number of nitrogens with one attached hydrogen (secondary N) is 1. The fourth-order valence-electron chi connectivity index (χ4n) is 5.22. The second-order valence-electron chi connectivity index (χ2n) is 10.7. The summed E-state index contributed by atoms with van der Waals surface area (Å²) in [5.74, 6) is 1.23. The molecule has 2 N–H and O–H groups in total. The molecule has 5 heteroatoms. The van der Waals surface area contributed by atoms with Crippen LogP contribution in [-0.2, 0) is 10.8 Å². The number of nitrogens with zero attached hydrogens (tertiary/aromatic N) is 3. The predicted molar refractivity (Wildman–Crippen MR) is 130 cm³/mol. The smallest absolute Gasteiger partial charge is 0.109 e. The van der Waals surface area contributed by atoms with Crippen molar-refractivity contribution in [2.75, 3.05) is 52.4 Å². The van der Waals surface area contributed by atoms with Crippen molar-refractivity contribution in [3.05, 3.63) is 41.0 Å². The summed E-state index contributed by atoms with van der Waals surface area (Å²) in [7, 11) is 0. The van der Waals surface area contributed by atoms with Gasteiger partial charge in [-0.2, -0.15) is 0 Å². The highest BCUT2D eigenvalue weighted by molar-refractivity contribution is 5.94. The molecular weight excluding hydrogens is 384 g/mol. The molecule has 0 spiro atoms. The standard InChI is InChI=1S/C26H40N4O/c1-25(2)9-10-26(3,4)22-19-20(5-6-21(22)25)23-7-8-24(28-23)30-16-14-29(15-17-30)13-11-27-12-18-31/h5-7,19,27,31H,8-18H2,1-4H3. The molecule has 0 aromatic heterocycles. The van der Waals surface area contributed by atoms with Gasteiger partial charge in [-0.1, -0.05) is 45.9 Å². The average Bonchev–Trinajstić information content (AvgIpc) is 3.25. The molecular formula is C26H40N4O.